The Morgan fingerprint density at radius 1 is 1.11 bits per heavy atom. The molecular formula is C19H20ClFN2O4. The van der Waals surface area contributed by atoms with Crippen LogP contribution in [-0.4, -0.2) is 23.6 Å². The van der Waals surface area contributed by atoms with E-state index in [9.17, 15) is 14.0 Å². The van der Waals surface area contributed by atoms with Gasteiger partial charge >= 0.3 is 0 Å². The molecule has 1 aromatic heterocycles. The third kappa shape index (κ3) is 6.88. The summed E-state index contributed by atoms with van der Waals surface area (Å²) < 4.78 is 18.5. The maximum atomic E-state index is 13.2. The fraction of sp³-hybridized carbons (Fsp3) is 0.263. The van der Waals surface area contributed by atoms with Crippen LogP contribution in [0.4, 0.5) is 4.39 Å². The Morgan fingerprint density at radius 2 is 1.85 bits per heavy atom. The smallest absolute Gasteiger partial charge is 0.252 e. The zero-order valence-electron chi connectivity index (χ0n) is 14.5. The summed E-state index contributed by atoms with van der Waals surface area (Å²) in [6.07, 6.45) is 3.77. The largest absolute Gasteiger partial charge is 0.445 e. The van der Waals surface area contributed by atoms with Crippen LogP contribution in [0.25, 0.3) is 11.6 Å². The van der Waals surface area contributed by atoms with Gasteiger partial charge in [0.25, 0.3) is 5.91 Å². The monoisotopic (exact) mass is 394 g/mol. The molecule has 2 amide bonds. The first-order chi connectivity index (χ1) is 13.0. The number of hydrogen-bond acceptors (Lipinski definition) is 4. The molecule has 1 heterocycles. The molecule has 3 N–H and O–H groups in total. The Bertz CT molecular complexity index is 802. The molecule has 27 heavy (non-hydrogen) atoms. The molecule has 0 spiro atoms. The Kier molecular flexibility index (Phi) is 8.03. The highest BCUT2D eigenvalue weighted by atomic mass is 35.5. The van der Waals surface area contributed by atoms with Crippen LogP contribution in [0.5, 0.6) is 0 Å². The van der Waals surface area contributed by atoms with Crippen LogP contribution in [0.2, 0.25) is 5.22 Å². The Balaban J connectivity index is 1.98. The van der Waals surface area contributed by atoms with Gasteiger partial charge in [-0.25, -0.2) is 9.87 Å². The SMILES string of the molecule is O=C(CCCCCNC(=O)C(=Cc1ccc(Cl)o1)c1ccc(F)cc1)NO. The van der Waals surface area contributed by atoms with E-state index in [2.05, 4.69) is 5.32 Å². The van der Waals surface area contributed by atoms with E-state index in [1.54, 1.807) is 23.7 Å². The minimum atomic E-state index is -0.433. The van der Waals surface area contributed by atoms with Crippen molar-refractivity contribution in [3.63, 3.8) is 0 Å². The molecule has 1 aromatic carbocycles. The molecular weight excluding hydrogens is 375 g/mol. The number of hydroxylamine groups is 1. The van der Waals surface area contributed by atoms with Crippen LogP contribution in [0.3, 0.4) is 0 Å². The zero-order chi connectivity index (χ0) is 19.6. The summed E-state index contributed by atoms with van der Waals surface area (Å²) in [6.45, 7) is 0.414. The first kappa shape index (κ1) is 20.7. The van der Waals surface area contributed by atoms with Crippen LogP contribution < -0.4 is 10.8 Å². The van der Waals surface area contributed by atoms with Crippen molar-refractivity contribution in [2.75, 3.05) is 6.54 Å². The number of unbranched alkanes of at least 4 members (excludes halogenated alkanes) is 2. The lowest BCUT2D eigenvalue weighted by atomic mass is 10.0. The summed E-state index contributed by atoms with van der Waals surface area (Å²) in [5, 5.41) is 11.4. The molecule has 0 aliphatic carbocycles. The normalized spacial score (nSPS) is 11.3. The fourth-order valence-electron chi connectivity index (χ4n) is 2.40. The summed E-state index contributed by atoms with van der Waals surface area (Å²) in [7, 11) is 0. The van der Waals surface area contributed by atoms with Crippen LogP contribution in [0.15, 0.2) is 40.8 Å². The van der Waals surface area contributed by atoms with E-state index < -0.39 is 11.7 Å². The third-order valence-electron chi connectivity index (χ3n) is 3.77. The second kappa shape index (κ2) is 10.5. The predicted octanol–water partition coefficient (Wildman–Crippen LogP) is 3.79. The van der Waals surface area contributed by atoms with E-state index in [1.807, 2.05) is 0 Å². The fourth-order valence-corrected chi connectivity index (χ4v) is 2.55. The van der Waals surface area contributed by atoms with Crippen molar-refractivity contribution in [2.45, 2.75) is 25.7 Å². The molecule has 0 radical (unpaired) electrons. The van der Waals surface area contributed by atoms with Gasteiger partial charge in [-0.2, -0.15) is 0 Å². The van der Waals surface area contributed by atoms with E-state index in [4.69, 9.17) is 21.2 Å². The molecule has 0 aliphatic heterocycles. The number of carbonyl (C=O) groups excluding carboxylic acids is 2. The van der Waals surface area contributed by atoms with Crippen molar-refractivity contribution in [2.24, 2.45) is 0 Å². The van der Waals surface area contributed by atoms with Gasteiger partial charge in [0.2, 0.25) is 5.91 Å². The number of halogens is 2. The number of rotatable bonds is 9. The highest BCUT2D eigenvalue weighted by Crippen LogP contribution is 2.22. The second-order valence-electron chi connectivity index (χ2n) is 5.81. The first-order valence-corrected chi connectivity index (χ1v) is 8.81. The predicted molar refractivity (Wildman–Crippen MR) is 99.4 cm³/mol. The molecule has 0 fully saturated rings. The Labute approximate surface area is 161 Å². The van der Waals surface area contributed by atoms with Gasteiger partial charge in [-0.15, -0.1) is 0 Å². The van der Waals surface area contributed by atoms with Crippen molar-refractivity contribution < 1.29 is 23.6 Å². The topological polar surface area (TPSA) is 91.6 Å². The van der Waals surface area contributed by atoms with Crippen LogP contribution in [-0.2, 0) is 9.59 Å². The molecule has 8 heteroatoms. The molecule has 0 saturated heterocycles. The average molecular weight is 395 g/mol. The molecule has 2 aromatic rings. The number of nitrogens with one attached hydrogen (secondary N) is 2. The van der Waals surface area contributed by atoms with E-state index >= 15 is 0 Å². The van der Waals surface area contributed by atoms with Gasteiger partial charge in [0.1, 0.15) is 11.6 Å². The second-order valence-corrected chi connectivity index (χ2v) is 6.18. The van der Waals surface area contributed by atoms with Gasteiger partial charge in [0, 0.05) is 13.0 Å². The maximum absolute atomic E-state index is 13.2. The maximum Gasteiger partial charge on any atom is 0.252 e. The zero-order valence-corrected chi connectivity index (χ0v) is 15.3. The minimum absolute atomic E-state index is 0.201. The third-order valence-corrected chi connectivity index (χ3v) is 3.97. The van der Waals surface area contributed by atoms with Crippen molar-refractivity contribution in [1.29, 1.82) is 0 Å². The molecule has 0 aliphatic rings. The molecule has 6 nitrogen and oxygen atoms in total. The molecule has 0 atom stereocenters. The van der Waals surface area contributed by atoms with Gasteiger partial charge in [0.05, 0.1) is 5.57 Å². The van der Waals surface area contributed by atoms with Gasteiger partial charge < -0.3 is 9.73 Å². The standard InChI is InChI=1S/C19H20ClFN2O4/c20-17-10-9-15(27-17)12-16(13-5-7-14(21)8-6-13)19(25)22-11-3-1-2-4-18(24)23-26/h5-10,12,26H,1-4,11H2,(H,22,25)(H,23,24). The van der Waals surface area contributed by atoms with Crippen LogP contribution in [0, 0.1) is 5.82 Å². The summed E-state index contributed by atoms with van der Waals surface area (Å²) in [6, 6.07) is 8.77. The first-order valence-electron chi connectivity index (χ1n) is 8.43. The summed E-state index contributed by atoms with van der Waals surface area (Å²) in [5.41, 5.74) is 2.44. The molecule has 2 rings (SSSR count). The van der Waals surface area contributed by atoms with Crippen LogP contribution >= 0.6 is 11.6 Å². The van der Waals surface area contributed by atoms with Crippen molar-refractivity contribution in [3.8, 4) is 0 Å². The van der Waals surface area contributed by atoms with Gasteiger partial charge in [-0.3, -0.25) is 14.8 Å². The van der Waals surface area contributed by atoms with E-state index in [-0.39, 0.29) is 17.5 Å². The van der Waals surface area contributed by atoms with Gasteiger partial charge in [0.15, 0.2) is 5.22 Å². The number of benzene rings is 1. The average Bonchev–Trinajstić information content (AvgIpc) is 3.08. The van der Waals surface area contributed by atoms with E-state index in [0.717, 1.165) is 6.42 Å². The number of furan rings is 1. The molecule has 0 saturated carbocycles. The number of hydrogen-bond donors (Lipinski definition) is 3. The number of amides is 2. The molecule has 0 bridgehead atoms. The van der Waals surface area contributed by atoms with E-state index in [1.165, 1.54) is 24.3 Å². The lowest BCUT2D eigenvalue weighted by molar-refractivity contribution is -0.129. The highest BCUT2D eigenvalue weighted by molar-refractivity contribution is 6.29. The summed E-state index contributed by atoms with van der Waals surface area (Å²) in [4.78, 5) is 23.5. The molecule has 0 unspecified atom stereocenters. The minimum Gasteiger partial charge on any atom is -0.445 e. The summed E-state index contributed by atoms with van der Waals surface area (Å²) >= 11 is 5.76. The Hall–Kier alpha value is -2.64. The van der Waals surface area contributed by atoms with Gasteiger partial charge in [-0.1, -0.05) is 18.6 Å². The summed E-state index contributed by atoms with van der Waals surface area (Å²) in [5.74, 6) is -0.754. The lowest BCUT2D eigenvalue weighted by Crippen LogP contribution is -2.25. The highest BCUT2D eigenvalue weighted by Gasteiger charge is 2.13. The number of carbonyl (C=O) groups is 2. The van der Waals surface area contributed by atoms with Crippen molar-refractivity contribution in [3.05, 3.63) is 58.8 Å². The van der Waals surface area contributed by atoms with E-state index in [0.29, 0.717) is 36.3 Å². The molecule has 144 valence electrons. The van der Waals surface area contributed by atoms with Crippen molar-refractivity contribution >= 4 is 35.1 Å². The van der Waals surface area contributed by atoms with Crippen molar-refractivity contribution in [1.82, 2.24) is 10.8 Å². The quantitative estimate of drug-likeness (QED) is 0.261. The van der Waals surface area contributed by atoms with Crippen LogP contribution in [0.1, 0.15) is 37.0 Å². The Morgan fingerprint density at radius 3 is 2.48 bits per heavy atom. The lowest BCUT2D eigenvalue weighted by Gasteiger charge is -2.09. The van der Waals surface area contributed by atoms with Gasteiger partial charge in [-0.05, 0) is 60.3 Å².